The molecule has 0 saturated carbocycles. The van der Waals surface area contributed by atoms with Gasteiger partial charge in [0.1, 0.15) is 5.75 Å². The summed E-state index contributed by atoms with van der Waals surface area (Å²) in [5, 5.41) is 0. The molecule has 3 nitrogen and oxygen atoms in total. The number of amides is 1. The van der Waals surface area contributed by atoms with E-state index in [1.807, 2.05) is 60.7 Å². The molecule has 0 heterocycles. The summed E-state index contributed by atoms with van der Waals surface area (Å²) >= 11 is 0. The molecule has 0 aliphatic heterocycles. The molecule has 0 radical (unpaired) electrons. The average Bonchev–Trinajstić information content (AvgIpc) is 2.46. The molecule has 0 saturated heterocycles. The molecule has 2 aromatic rings. The predicted octanol–water partition coefficient (Wildman–Crippen LogP) is 2.73. The molecule has 0 bridgehead atoms. The van der Waals surface area contributed by atoms with Gasteiger partial charge in [0.2, 0.25) is 0 Å². The zero-order valence-corrected chi connectivity index (χ0v) is 10.2. The summed E-state index contributed by atoms with van der Waals surface area (Å²) in [5.41, 5.74) is 0.860. The van der Waals surface area contributed by atoms with E-state index in [2.05, 4.69) is 0 Å². The van der Waals surface area contributed by atoms with E-state index < -0.39 is 0 Å². The molecule has 3 heteroatoms. The topological polar surface area (TPSA) is 29.5 Å². The van der Waals surface area contributed by atoms with Crippen molar-refractivity contribution < 1.29 is 9.53 Å². The lowest BCUT2D eigenvalue weighted by Crippen LogP contribution is -2.31. The molecule has 0 unspecified atom stereocenters. The van der Waals surface area contributed by atoms with Crippen molar-refractivity contribution in [2.45, 2.75) is 0 Å². The molecule has 2 aromatic carbocycles. The van der Waals surface area contributed by atoms with Crippen molar-refractivity contribution in [3.05, 3.63) is 60.7 Å². The van der Waals surface area contributed by atoms with Crippen LogP contribution in [0.2, 0.25) is 0 Å². The number of likely N-dealkylation sites (N-methyl/N-ethyl adjacent to an activating group) is 1. The van der Waals surface area contributed by atoms with Crippen LogP contribution in [0.15, 0.2) is 60.7 Å². The standard InChI is InChI=1S/C15H15NO2/c1-16(13-8-4-2-5-9-13)15(17)12-18-14-10-6-3-7-11-14/h2-11H,12H2,1H3. The second-order valence-electron chi connectivity index (χ2n) is 3.89. The van der Waals surface area contributed by atoms with Gasteiger partial charge in [-0.15, -0.1) is 0 Å². The van der Waals surface area contributed by atoms with Crippen molar-refractivity contribution >= 4 is 11.6 Å². The summed E-state index contributed by atoms with van der Waals surface area (Å²) in [5.74, 6) is 0.623. The Bertz CT molecular complexity index is 496. The molecule has 1 amide bonds. The number of hydrogen-bond acceptors (Lipinski definition) is 2. The van der Waals surface area contributed by atoms with E-state index >= 15 is 0 Å². The fourth-order valence-electron chi connectivity index (χ4n) is 1.55. The zero-order valence-electron chi connectivity index (χ0n) is 10.2. The van der Waals surface area contributed by atoms with Crippen LogP contribution >= 0.6 is 0 Å². The number of benzene rings is 2. The third kappa shape index (κ3) is 3.10. The summed E-state index contributed by atoms with van der Waals surface area (Å²) in [6.07, 6.45) is 0. The van der Waals surface area contributed by atoms with Crippen molar-refractivity contribution in [1.82, 2.24) is 0 Å². The van der Waals surface area contributed by atoms with E-state index in [0.29, 0.717) is 5.75 Å². The Labute approximate surface area is 107 Å². The lowest BCUT2D eigenvalue weighted by Gasteiger charge is -2.17. The van der Waals surface area contributed by atoms with Crippen molar-refractivity contribution in [3.8, 4) is 5.75 Å². The highest BCUT2D eigenvalue weighted by Crippen LogP contribution is 2.12. The maximum absolute atomic E-state index is 11.9. The molecule has 2 rings (SSSR count). The van der Waals surface area contributed by atoms with Gasteiger partial charge in [0, 0.05) is 12.7 Å². The zero-order chi connectivity index (χ0) is 12.8. The fraction of sp³-hybridized carbons (Fsp3) is 0.133. The number of carbonyl (C=O) groups excluding carboxylic acids is 1. The highest BCUT2D eigenvalue weighted by Gasteiger charge is 2.10. The SMILES string of the molecule is CN(C(=O)COc1ccccc1)c1ccccc1. The molecular weight excluding hydrogens is 226 g/mol. The van der Waals surface area contributed by atoms with Crippen LogP contribution in [0.4, 0.5) is 5.69 Å². The van der Waals surface area contributed by atoms with Crippen LogP contribution in [0.25, 0.3) is 0 Å². The average molecular weight is 241 g/mol. The monoisotopic (exact) mass is 241 g/mol. The smallest absolute Gasteiger partial charge is 0.264 e. The Kier molecular flexibility index (Phi) is 3.97. The largest absolute Gasteiger partial charge is 0.484 e. The summed E-state index contributed by atoms with van der Waals surface area (Å²) in [4.78, 5) is 13.5. The number of carbonyl (C=O) groups is 1. The maximum Gasteiger partial charge on any atom is 0.264 e. The first-order valence-electron chi connectivity index (χ1n) is 5.77. The second kappa shape index (κ2) is 5.87. The predicted molar refractivity (Wildman–Crippen MR) is 71.8 cm³/mol. The van der Waals surface area contributed by atoms with E-state index in [4.69, 9.17) is 4.74 Å². The second-order valence-corrected chi connectivity index (χ2v) is 3.89. The summed E-state index contributed by atoms with van der Waals surface area (Å²) in [6.45, 7) is 0.0371. The van der Waals surface area contributed by atoms with Gasteiger partial charge < -0.3 is 9.64 Å². The van der Waals surface area contributed by atoms with Gasteiger partial charge in [0.25, 0.3) is 5.91 Å². The van der Waals surface area contributed by atoms with Gasteiger partial charge in [-0.3, -0.25) is 4.79 Å². The summed E-state index contributed by atoms with van der Waals surface area (Å²) < 4.78 is 5.42. The lowest BCUT2D eigenvalue weighted by atomic mass is 10.3. The van der Waals surface area contributed by atoms with Crippen LogP contribution in [0.1, 0.15) is 0 Å². The minimum absolute atomic E-state index is 0.0371. The summed E-state index contributed by atoms with van der Waals surface area (Å²) in [7, 11) is 1.74. The molecule has 0 aliphatic carbocycles. The van der Waals surface area contributed by atoms with Crippen molar-refractivity contribution in [3.63, 3.8) is 0 Å². The number of rotatable bonds is 4. The summed E-state index contributed by atoms with van der Waals surface area (Å²) in [6, 6.07) is 18.8. The highest BCUT2D eigenvalue weighted by molar-refractivity contribution is 5.93. The Hall–Kier alpha value is -2.29. The van der Waals surface area contributed by atoms with E-state index in [1.165, 1.54) is 0 Å². The van der Waals surface area contributed by atoms with Gasteiger partial charge in [-0.2, -0.15) is 0 Å². The van der Waals surface area contributed by atoms with Crippen LogP contribution < -0.4 is 9.64 Å². The van der Waals surface area contributed by atoms with Gasteiger partial charge in [-0.25, -0.2) is 0 Å². The molecule has 92 valence electrons. The van der Waals surface area contributed by atoms with Crippen molar-refractivity contribution in [2.75, 3.05) is 18.6 Å². The van der Waals surface area contributed by atoms with Gasteiger partial charge in [0.15, 0.2) is 6.61 Å². The van der Waals surface area contributed by atoms with Crippen LogP contribution in [0.5, 0.6) is 5.75 Å². The molecule has 0 aliphatic rings. The molecule has 18 heavy (non-hydrogen) atoms. The minimum Gasteiger partial charge on any atom is -0.484 e. The van der Waals surface area contributed by atoms with Crippen LogP contribution in [-0.4, -0.2) is 19.6 Å². The Morgan fingerprint density at radius 2 is 1.56 bits per heavy atom. The number of ether oxygens (including phenoxy) is 1. The number of nitrogens with zero attached hydrogens (tertiary/aromatic N) is 1. The van der Waals surface area contributed by atoms with Crippen LogP contribution in [-0.2, 0) is 4.79 Å². The quantitative estimate of drug-likeness (QED) is 0.823. The first-order valence-corrected chi connectivity index (χ1v) is 5.77. The van der Waals surface area contributed by atoms with Crippen LogP contribution in [0.3, 0.4) is 0 Å². The number of hydrogen-bond donors (Lipinski definition) is 0. The number of anilines is 1. The molecule has 0 spiro atoms. The molecule has 0 N–H and O–H groups in total. The highest BCUT2D eigenvalue weighted by atomic mass is 16.5. The van der Waals surface area contributed by atoms with Crippen molar-refractivity contribution in [2.24, 2.45) is 0 Å². The van der Waals surface area contributed by atoms with Crippen LogP contribution in [0, 0.1) is 0 Å². The fourth-order valence-corrected chi connectivity index (χ4v) is 1.55. The molecule has 0 fully saturated rings. The van der Waals surface area contributed by atoms with Gasteiger partial charge in [-0.1, -0.05) is 36.4 Å². The normalized spacial score (nSPS) is 9.83. The lowest BCUT2D eigenvalue weighted by molar-refractivity contribution is -0.120. The first kappa shape index (κ1) is 12.2. The first-order chi connectivity index (χ1) is 8.77. The third-order valence-corrected chi connectivity index (χ3v) is 2.62. The molecule has 0 aromatic heterocycles. The third-order valence-electron chi connectivity index (χ3n) is 2.62. The van der Waals surface area contributed by atoms with Crippen molar-refractivity contribution in [1.29, 1.82) is 0 Å². The van der Waals surface area contributed by atoms with E-state index in [-0.39, 0.29) is 12.5 Å². The minimum atomic E-state index is -0.0787. The van der Waals surface area contributed by atoms with Gasteiger partial charge >= 0.3 is 0 Å². The van der Waals surface area contributed by atoms with E-state index in [0.717, 1.165) is 5.69 Å². The van der Waals surface area contributed by atoms with Gasteiger partial charge in [0.05, 0.1) is 0 Å². The van der Waals surface area contributed by atoms with E-state index in [9.17, 15) is 4.79 Å². The Morgan fingerprint density at radius 3 is 2.17 bits per heavy atom. The maximum atomic E-state index is 11.9. The molecule has 0 atom stereocenters. The number of para-hydroxylation sites is 2. The molecular formula is C15H15NO2. The van der Waals surface area contributed by atoms with E-state index in [1.54, 1.807) is 11.9 Å². The Morgan fingerprint density at radius 1 is 1.00 bits per heavy atom. The Balaban J connectivity index is 1.93. The van der Waals surface area contributed by atoms with Gasteiger partial charge in [-0.05, 0) is 24.3 Å².